The van der Waals surface area contributed by atoms with Gasteiger partial charge >= 0.3 is 6.03 Å². The average molecular weight is 411 g/mol. The minimum absolute atomic E-state index is 0.0275. The van der Waals surface area contributed by atoms with Crippen molar-refractivity contribution in [2.45, 2.75) is 19.0 Å². The van der Waals surface area contributed by atoms with E-state index in [-0.39, 0.29) is 12.5 Å². The molecule has 5 rings (SSSR count). The second-order valence-electron chi connectivity index (χ2n) is 6.93. The molecular formula is C20H17N3O5S. The molecule has 1 fully saturated rings. The molecule has 3 amide bonds. The number of nitrogens with one attached hydrogen (secondary N) is 1. The van der Waals surface area contributed by atoms with Crippen LogP contribution >= 0.6 is 11.3 Å². The van der Waals surface area contributed by atoms with Crippen LogP contribution in [0.15, 0.2) is 46.4 Å². The standard InChI is InChI=1S/C20H17N3O5S/c1-20(12-4-5-14-15(9-12)27-7-6-26-14)18(24)23(19(25)22-20)10-13-11-28-17(21-13)16-3-2-8-29-16/h2-5,8-9,11H,6-7,10H2,1H3,(H,22,25)/t20-/m1/s1. The average Bonchev–Trinajstić information content (AvgIpc) is 3.46. The number of aromatic nitrogens is 1. The maximum atomic E-state index is 13.2. The molecule has 9 heteroatoms. The van der Waals surface area contributed by atoms with Gasteiger partial charge in [-0.3, -0.25) is 9.69 Å². The van der Waals surface area contributed by atoms with Crippen LogP contribution in [-0.2, 0) is 16.9 Å². The van der Waals surface area contributed by atoms with Crippen molar-refractivity contribution in [2.24, 2.45) is 0 Å². The van der Waals surface area contributed by atoms with E-state index in [0.29, 0.717) is 41.9 Å². The highest BCUT2D eigenvalue weighted by Crippen LogP contribution is 2.37. The van der Waals surface area contributed by atoms with Crippen LogP contribution < -0.4 is 14.8 Å². The number of nitrogens with zero attached hydrogens (tertiary/aromatic N) is 2. The lowest BCUT2D eigenvalue weighted by atomic mass is 9.91. The zero-order valence-corrected chi connectivity index (χ0v) is 16.3. The zero-order chi connectivity index (χ0) is 20.0. The summed E-state index contributed by atoms with van der Waals surface area (Å²) in [4.78, 5) is 32.2. The molecule has 1 aromatic carbocycles. The minimum Gasteiger partial charge on any atom is -0.486 e. The summed E-state index contributed by atoms with van der Waals surface area (Å²) in [5, 5.41) is 4.72. The van der Waals surface area contributed by atoms with Crippen LogP contribution in [0.3, 0.4) is 0 Å². The van der Waals surface area contributed by atoms with E-state index in [1.807, 2.05) is 17.5 Å². The Hall–Kier alpha value is -3.33. The van der Waals surface area contributed by atoms with Crippen LogP contribution in [0.25, 0.3) is 10.8 Å². The Morgan fingerprint density at radius 2 is 2.03 bits per heavy atom. The van der Waals surface area contributed by atoms with Crippen LogP contribution in [0, 0.1) is 0 Å². The van der Waals surface area contributed by atoms with Crippen LogP contribution in [0.2, 0.25) is 0 Å². The third-order valence-electron chi connectivity index (χ3n) is 5.00. The first-order valence-electron chi connectivity index (χ1n) is 9.07. The summed E-state index contributed by atoms with van der Waals surface area (Å²) in [7, 11) is 0. The number of hydrogen-bond donors (Lipinski definition) is 1. The van der Waals surface area contributed by atoms with Gasteiger partial charge in [-0.1, -0.05) is 12.1 Å². The Kier molecular flexibility index (Phi) is 4.06. The van der Waals surface area contributed by atoms with Gasteiger partial charge in [0.15, 0.2) is 11.5 Å². The third-order valence-corrected chi connectivity index (χ3v) is 5.86. The predicted octanol–water partition coefficient (Wildman–Crippen LogP) is 3.14. The molecule has 0 spiro atoms. The number of oxazole rings is 1. The van der Waals surface area contributed by atoms with Gasteiger partial charge in [0.2, 0.25) is 5.89 Å². The molecule has 29 heavy (non-hydrogen) atoms. The van der Waals surface area contributed by atoms with Crippen LogP contribution in [-0.4, -0.2) is 35.0 Å². The van der Waals surface area contributed by atoms with E-state index in [0.717, 1.165) is 9.78 Å². The minimum atomic E-state index is -1.20. The van der Waals surface area contributed by atoms with Crippen LogP contribution in [0.1, 0.15) is 18.2 Å². The number of hydrogen-bond acceptors (Lipinski definition) is 7. The van der Waals surface area contributed by atoms with Crippen LogP contribution in [0.4, 0.5) is 4.79 Å². The number of rotatable bonds is 4. The third kappa shape index (κ3) is 2.94. The SMILES string of the molecule is C[C@]1(c2ccc3c(c2)OCCO3)NC(=O)N(Cc2coc(-c3cccs3)n2)C1=O. The highest BCUT2D eigenvalue weighted by atomic mass is 32.1. The summed E-state index contributed by atoms with van der Waals surface area (Å²) >= 11 is 1.50. The molecule has 0 unspecified atom stereocenters. The number of ether oxygens (including phenoxy) is 2. The van der Waals surface area contributed by atoms with E-state index in [9.17, 15) is 9.59 Å². The van der Waals surface area contributed by atoms with Crippen molar-refractivity contribution in [2.75, 3.05) is 13.2 Å². The second-order valence-corrected chi connectivity index (χ2v) is 7.87. The first-order chi connectivity index (χ1) is 14.0. The van der Waals surface area contributed by atoms with Crippen molar-refractivity contribution in [1.82, 2.24) is 15.2 Å². The van der Waals surface area contributed by atoms with E-state index in [4.69, 9.17) is 13.9 Å². The molecule has 0 radical (unpaired) electrons. The maximum absolute atomic E-state index is 13.2. The molecule has 1 atom stereocenters. The van der Waals surface area contributed by atoms with E-state index in [2.05, 4.69) is 10.3 Å². The predicted molar refractivity (Wildman–Crippen MR) is 104 cm³/mol. The number of carbonyl (C=O) groups is 2. The Labute approximate surface area is 170 Å². The van der Waals surface area contributed by atoms with E-state index in [1.54, 1.807) is 25.1 Å². The molecule has 1 N–H and O–H groups in total. The fourth-order valence-electron chi connectivity index (χ4n) is 3.45. The highest BCUT2D eigenvalue weighted by molar-refractivity contribution is 7.13. The molecule has 0 bridgehead atoms. The lowest BCUT2D eigenvalue weighted by molar-refractivity contribution is -0.131. The number of amides is 3. The Bertz CT molecular complexity index is 1090. The number of benzene rings is 1. The number of carbonyl (C=O) groups excluding carboxylic acids is 2. The van der Waals surface area contributed by atoms with Gasteiger partial charge in [-0.25, -0.2) is 9.78 Å². The number of fused-ring (bicyclic) bond motifs is 1. The van der Waals surface area contributed by atoms with Crippen molar-refractivity contribution >= 4 is 23.3 Å². The molecule has 2 aromatic heterocycles. The van der Waals surface area contributed by atoms with Crippen molar-refractivity contribution < 1.29 is 23.5 Å². The van der Waals surface area contributed by atoms with Gasteiger partial charge in [0.25, 0.3) is 5.91 Å². The molecule has 0 saturated carbocycles. The Balaban J connectivity index is 1.39. The largest absolute Gasteiger partial charge is 0.486 e. The summed E-state index contributed by atoms with van der Waals surface area (Å²) in [5.74, 6) is 1.30. The summed E-state index contributed by atoms with van der Waals surface area (Å²) in [6, 6.07) is 8.57. The summed E-state index contributed by atoms with van der Waals surface area (Å²) < 4.78 is 16.6. The quantitative estimate of drug-likeness (QED) is 0.663. The molecule has 1 saturated heterocycles. The zero-order valence-electron chi connectivity index (χ0n) is 15.5. The molecule has 2 aliphatic rings. The number of urea groups is 1. The molecule has 0 aliphatic carbocycles. The lowest BCUT2D eigenvalue weighted by Gasteiger charge is -2.25. The van der Waals surface area contributed by atoms with Gasteiger partial charge in [0.05, 0.1) is 17.1 Å². The molecule has 3 aromatic rings. The Morgan fingerprint density at radius 3 is 2.83 bits per heavy atom. The highest BCUT2D eigenvalue weighted by Gasteiger charge is 2.49. The summed E-state index contributed by atoms with van der Waals surface area (Å²) in [5.41, 5.74) is -0.0712. The van der Waals surface area contributed by atoms with Gasteiger partial charge in [-0.15, -0.1) is 11.3 Å². The summed E-state index contributed by atoms with van der Waals surface area (Å²) in [6.07, 6.45) is 1.47. The number of thiophene rings is 1. The molecule has 4 heterocycles. The van der Waals surface area contributed by atoms with Crippen molar-refractivity contribution in [3.63, 3.8) is 0 Å². The fourth-order valence-corrected chi connectivity index (χ4v) is 4.10. The maximum Gasteiger partial charge on any atom is 0.325 e. The molecular weight excluding hydrogens is 394 g/mol. The molecule has 8 nitrogen and oxygen atoms in total. The fraction of sp³-hybridized carbons (Fsp3) is 0.250. The smallest absolute Gasteiger partial charge is 0.325 e. The van der Waals surface area contributed by atoms with E-state index in [1.165, 1.54) is 17.6 Å². The van der Waals surface area contributed by atoms with Gasteiger partial charge in [0, 0.05) is 0 Å². The molecule has 2 aliphatic heterocycles. The van der Waals surface area contributed by atoms with E-state index >= 15 is 0 Å². The van der Waals surface area contributed by atoms with Gasteiger partial charge in [-0.05, 0) is 36.1 Å². The normalized spacial score (nSPS) is 20.8. The van der Waals surface area contributed by atoms with Gasteiger partial charge in [0.1, 0.15) is 25.0 Å². The Morgan fingerprint density at radius 1 is 1.21 bits per heavy atom. The van der Waals surface area contributed by atoms with Crippen molar-refractivity contribution in [1.29, 1.82) is 0 Å². The topological polar surface area (TPSA) is 93.9 Å². The molecule has 148 valence electrons. The van der Waals surface area contributed by atoms with Crippen molar-refractivity contribution in [3.8, 4) is 22.3 Å². The van der Waals surface area contributed by atoms with Gasteiger partial charge < -0.3 is 19.2 Å². The summed E-state index contributed by atoms with van der Waals surface area (Å²) in [6.45, 7) is 2.63. The second kappa shape index (κ2) is 6.63. The van der Waals surface area contributed by atoms with Crippen molar-refractivity contribution in [3.05, 3.63) is 53.2 Å². The number of imide groups is 1. The monoisotopic (exact) mass is 411 g/mol. The first kappa shape index (κ1) is 17.7. The van der Waals surface area contributed by atoms with Gasteiger partial charge in [-0.2, -0.15) is 0 Å². The van der Waals surface area contributed by atoms with E-state index < -0.39 is 11.6 Å². The lowest BCUT2D eigenvalue weighted by Crippen LogP contribution is -2.41. The van der Waals surface area contributed by atoms with Crippen LogP contribution in [0.5, 0.6) is 11.5 Å². The first-order valence-corrected chi connectivity index (χ1v) is 9.95.